The summed E-state index contributed by atoms with van der Waals surface area (Å²) < 4.78 is 18.2. The maximum absolute atomic E-state index is 13.4. The maximum atomic E-state index is 13.4. The van der Waals surface area contributed by atoms with Gasteiger partial charge >= 0.3 is 5.97 Å². The molecule has 2 rings (SSSR count). The Morgan fingerprint density at radius 1 is 1.08 bits per heavy atom. The van der Waals surface area contributed by atoms with Crippen LogP contribution in [0.1, 0.15) is 15.2 Å². The molecule has 0 unspecified atom stereocenters. The lowest BCUT2D eigenvalue weighted by Gasteiger charge is -2.07. The average Bonchev–Trinajstić information content (AvgIpc) is 3.11. The lowest BCUT2D eigenvalue weighted by atomic mass is 10.2. The second-order valence-corrected chi connectivity index (χ2v) is 6.03. The Morgan fingerprint density at radius 3 is 2.60 bits per heavy atom. The first-order chi connectivity index (χ1) is 12.1. The number of thiophene rings is 1. The Labute approximate surface area is 148 Å². The Bertz CT molecular complexity index is 734. The molecule has 0 saturated heterocycles. The van der Waals surface area contributed by atoms with Crippen LogP contribution in [0, 0.1) is 5.82 Å². The molecule has 2 N–H and O–H groups in total. The van der Waals surface area contributed by atoms with Crippen LogP contribution in [-0.4, -0.2) is 37.5 Å². The van der Waals surface area contributed by atoms with E-state index in [1.807, 2.05) is 17.5 Å². The number of carbonyl (C=O) groups excluding carboxylic acids is 3. The summed E-state index contributed by atoms with van der Waals surface area (Å²) in [7, 11) is 0. The topological polar surface area (TPSA) is 84.5 Å². The molecule has 2 amide bonds. The van der Waals surface area contributed by atoms with Gasteiger partial charge in [0.25, 0.3) is 11.8 Å². The summed E-state index contributed by atoms with van der Waals surface area (Å²) in [5.74, 6) is -2.61. The SMILES string of the molecule is O=C(COC(=O)CNC(=O)c1ccccc1F)NCCc1cccs1. The second kappa shape index (κ2) is 9.53. The molecule has 1 aromatic carbocycles. The molecule has 132 valence electrons. The van der Waals surface area contributed by atoms with Gasteiger partial charge in [0.1, 0.15) is 12.4 Å². The maximum Gasteiger partial charge on any atom is 0.325 e. The molecule has 0 spiro atoms. The van der Waals surface area contributed by atoms with Gasteiger partial charge in [-0.05, 0) is 30.0 Å². The van der Waals surface area contributed by atoms with Crippen LogP contribution >= 0.6 is 11.3 Å². The van der Waals surface area contributed by atoms with Gasteiger partial charge in [-0.3, -0.25) is 14.4 Å². The number of carbonyl (C=O) groups is 3. The minimum absolute atomic E-state index is 0.165. The molecular formula is C17H17FN2O4S. The largest absolute Gasteiger partial charge is 0.454 e. The molecular weight excluding hydrogens is 347 g/mol. The lowest BCUT2D eigenvalue weighted by molar-refractivity contribution is -0.147. The predicted molar refractivity (Wildman–Crippen MR) is 90.7 cm³/mol. The van der Waals surface area contributed by atoms with Crippen LogP contribution in [0.3, 0.4) is 0 Å². The van der Waals surface area contributed by atoms with Gasteiger partial charge in [0.05, 0.1) is 5.56 Å². The molecule has 0 fully saturated rings. The minimum Gasteiger partial charge on any atom is -0.454 e. The first-order valence-electron chi connectivity index (χ1n) is 7.53. The van der Waals surface area contributed by atoms with Crippen molar-refractivity contribution in [2.24, 2.45) is 0 Å². The first-order valence-corrected chi connectivity index (χ1v) is 8.41. The Kier molecular flexibility index (Phi) is 7.09. The van der Waals surface area contributed by atoms with Crippen LogP contribution in [0.25, 0.3) is 0 Å². The number of nitrogens with one attached hydrogen (secondary N) is 2. The summed E-state index contributed by atoms with van der Waals surface area (Å²) in [6.45, 7) is -0.435. The van der Waals surface area contributed by atoms with E-state index >= 15 is 0 Å². The van der Waals surface area contributed by atoms with E-state index in [1.165, 1.54) is 18.2 Å². The molecule has 0 atom stereocenters. The van der Waals surface area contributed by atoms with E-state index in [1.54, 1.807) is 11.3 Å². The molecule has 0 aliphatic rings. The van der Waals surface area contributed by atoms with Crippen LogP contribution in [0.4, 0.5) is 4.39 Å². The van der Waals surface area contributed by atoms with Gasteiger partial charge in [0.15, 0.2) is 6.61 Å². The first kappa shape index (κ1) is 18.6. The number of amides is 2. The minimum atomic E-state index is -0.780. The molecule has 0 radical (unpaired) electrons. The number of esters is 1. The Morgan fingerprint density at radius 2 is 1.88 bits per heavy atom. The molecule has 0 aliphatic heterocycles. The number of hydrogen-bond donors (Lipinski definition) is 2. The van der Waals surface area contributed by atoms with Gasteiger partial charge in [0.2, 0.25) is 0 Å². The van der Waals surface area contributed by atoms with E-state index in [0.29, 0.717) is 13.0 Å². The number of hydrogen-bond acceptors (Lipinski definition) is 5. The standard InChI is InChI=1S/C17H17FN2O4S/c18-14-6-2-1-5-13(14)17(23)20-10-16(22)24-11-15(21)19-8-7-12-4-3-9-25-12/h1-6,9H,7-8,10-11H2,(H,19,21)(H,20,23). The normalized spacial score (nSPS) is 10.1. The molecule has 2 aromatic rings. The average molecular weight is 364 g/mol. The Hall–Kier alpha value is -2.74. The van der Waals surface area contributed by atoms with E-state index in [9.17, 15) is 18.8 Å². The lowest BCUT2D eigenvalue weighted by Crippen LogP contribution is -2.34. The van der Waals surface area contributed by atoms with Crippen LogP contribution < -0.4 is 10.6 Å². The van der Waals surface area contributed by atoms with E-state index in [0.717, 1.165) is 10.9 Å². The molecule has 8 heteroatoms. The van der Waals surface area contributed by atoms with Gasteiger partial charge in [-0.15, -0.1) is 11.3 Å². The molecule has 1 aromatic heterocycles. The third-order valence-electron chi connectivity index (χ3n) is 3.15. The molecule has 1 heterocycles. The highest BCUT2D eigenvalue weighted by Gasteiger charge is 2.13. The second-order valence-electron chi connectivity index (χ2n) is 5.00. The number of rotatable bonds is 8. The monoisotopic (exact) mass is 364 g/mol. The molecule has 0 saturated carbocycles. The molecule has 0 bridgehead atoms. The van der Waals surface area contributed by atoms with Crippen molar-refractivity contribution in [3.63, 3.8) is 0 Å². The van der Waals surface area contributed by atoms with Crippen molar-refractivity contribution >= 4 is 29.1 Å². The fourth-order valence-corrected chi connectivity index (χ4v) is 2.63. The zero-order valence-electron chi connectivity index (χ0n) is 13.3. The quantitative estimate of drug-likeness (QED) is 0.696. The smallest absolute Gasteiger partial charge is 0.325 e. The van der Waals surface area contributed by atoms with Crippen molar-refractivity contribution in [1.82, 2.24) is 10.6 Å². The highest BCUT2D eigenvalue weighted by atomic mass is 32.1. The van der Waals surface area contributed by atoms with E-state index < -0.39 is 36.8 Å². The third-order valence-corrected chi connectivity index (χ3v) is 4.09. The van der Waals surface area contributed by atoms with E-state index in [-0.39, 0.29) is 5.56 Å². The van der Waals surface area contributed by atoms with Gasteiger partial charge < -0.3 is 15.4 Å². The van der Waals surface area contributed by atoms with Gasteiger partial charge in [-0.2, -0.15) is 0 Å². The van der Waals surface area contributed by atoms with Crippen molar-refractivity contribution in [3.05, 3.63) is 58.0 Å². The highest BCUT2D eigenvalue weighted by Crippen LogP contribution is 2.08. The van der Waals surface area contributed by atoms with E-state index in [2.05, 4.69) is 10.6 Å². The zero-order chi connectivity index (χ0) is 18.1. The predicted octanol–water partition coefficient (Wildman–Crippen LogP) is 1.52. The van der Waals surface area contributed by atoms with Crippen LogP contribution in [0.15, 0.2) is 41.8 Å². The molecule has 25 heavy (non-hydrogen) atoms. The summed E-state index contributed by atoms with van der Waals surface area (Å²) in [6, 6.07) is 9.31. The summed E-state index contributed by atoms with van der Waals surface area (Å²) in [6.07, 6.45) is 0.704. The van der Waals surface area contributed by atoms with Crippen molar-refractivity contribution < 1.29 is 23.5 Å². The third kappa shape index (κ3) is 6.34. The van der Waals surface area contributed by atoms with Gasteiger partial charge in [-0.25, -0.2) is 4.39 Å². The fraction of sp³-hybridized carbons (Fsp3) is 0.235. The van der Waals surface area contributed by atoms with Crippen LogP contribution in [0.5, 0.6) is 0 Å². The van der Waals surface area contributed by atoms with Crippen molar-refractivity contribution in [3.8, 4) is 0 Å². The summed E-state index contributed by atoms with van der Waals surface area (Å²) in [5, 5.41) is 6.82. The Balaban J connectivity index is 1.62. The number of benzene rings is 1. The summed E-state index contributed by atoms with van der Waals surface area (Å²) >= 11 is 1.60. The molecule has 6 nitrogen and oxygen atoms in total. The van der Waals surface area contributed by atoms with E-state index in [4.69, 9.17) is 4.74 Å². The summed E-state index contributed by atoms with van der Waals surface area (Å²) in [4.78, 5) is 35.9. The van der Waals surface area contributed by atoms with Crippen LogP contribution in [0.2, 0.25) is 0 Å². The van der Waals surface area contributed by atoms with Crippen molar-refractivity contribution in [2.75, 3.05) is 19.7 Å². The molecule has 0 aliphatic carbocycles. The van der Waals surface area contributed by atoms with Crippen molar-refractivity contribution in [1.29, 1.82) is 0 Å². The zero-order valence-corrected chi connectivity index (χ0v) is 14.1. The number of ether oxygens (including phenoxy) is 1. The highest BCUT2D eigenvalue weighted by molar-refractivity contribution is 7.09. The number of halogens is 1. The van der Waals surface area contributed by atoms with Crippen molar-refractivity contribution in [2.45, 2.75) is 6.42 Å². The van der Waals surface area contributed by atoms with Gasteiger partial charge in [0, 0.05) is 11.4 Å². The van der Waals surface area contributed by atoms with Crippen LogP contribution in [-0.2, 0) is 20.7 Å². The van der Waals surface area contributed by atoms with Gasteiger partial charge in [-0.1, -0.05) is 18.2 Å². The summed E-state index contributed by atoms with van der Waals surface area (Å²) in [5.41, 5.74) is -0.165. The fourth-order valence-electron chi connectivity index (χ4n) is 1.92.